The molecule has 0 saturated heterocycles. The summed E-state index contributed by atoms with van der Waals surface area (Å²) in [5, 5.41) is 0. The molecule has 0 aliphatic rings. The Morgan fingerprint density at radius 2 is 2.21 bits per heavy atom. The number of allylic oxidation sites excluding steroid dienone is 1. The fraction of sp³-hybridized carbons (Fsp3) is 0.385. The van der Waals surface area contributed by atoms with Gasteiger partial charge in [0.25, 0.3) is 0 Å². The summed E-state index contributed by atoms with van der Waals surface area (Å²) in [6.07, 6.45) is 5.24. The first-order valence-electron chi connectivity index (χ1n) is 5.02. The lowest BCUT2D eigenvalue weighted by atomic mass is 10.0. The molecule has 0 unspecified atom stereocenters. The van der Waals surface area contributed by atoms with E-state index in [1.165, 1.54) is 11.1 Å². The summed E-state index contributed by atoms with van der Waals surface area (Å²) in [5.41, 5.74) is 2.59. The van der Waals surface area contributed by atoms with Gasteiger partial charge in [-0.05, 0) is 37.8 Å². The molecule has 1 rings (SSSR count). The second kappa shape index (κ2) is 5.48. The zero-order chi connectivity index (χ0) is 10.4. The highest BCUT2D eigenvalue weighted by molar-refractivity contribution is 5.36. The molecule has 0 radical (unpaired) electrons. The van der Waals surface area contributed by atoms with Gasteiger partial charge in [-0.15, -0.1) is 6.58 Å². The van der Waals surface area contributed by atoms with Crippen molar-refractivity contribution < 1.29 is 4.74 Å². The molecule has 1 heteroatoms. The van der Waals surface area contributed by atoms with E-state index in [-0.39, 0.29) is 0 Å². The molecule has 0 bridgehead atoms. The molecule has 14 heavy (non-hydrogen) atoms. The van der Waals surface area contributed by atoms with Crippen molar-refractivity contribution in [2.75, 3.05) is 7.11 Å². The minimum Gasteiger partial charge on any atom is -0.496 e. The van der Waals surface area contributed by atoms with Crippen molar-refractivity contribution in [1.29, 1.82) is 0 Å². The summed E-state index contributed by atoms with van der Waals surface area (Å²) >= 11 is 0. The van der Waals surface area contributed by atoms with Crippen LogP contribution >= 0.6 is 0 Å². The maximum absolute atomic E-state index is 5.31. The number of unbranched alkanes of at least 4 members (excludes halogenated alkanes) is 1. The van der Waals surface area contributed by atoms with Crippen LogP contribution in [0.25, 0.3) is 0 Å². The molecular weight excluding hydrogens is 172 g/mol. The minimum absolute atomic E-state index is 1.000. The van der Waals surface area contributed by atoms with Crippen LogP contribution in [0.4, 0.5) is 0 Å². The van der Waals surface area contributed by atoms with Gasteiger partial charge in [0, 0.05) is 0 Å². The van der Waals surface area contributed by atoms with Crippen LogP contribution in [0, 0.1) is 6.92 Å². The van der Waals surface area contributed by atoms with E-state index in [9.17, 15) is 0 Å². The third-order valence-corrected chi connectivity index (χ3v) is 2.29. The first kappa shape index (κ1) is 10.8. The average molecular weight is 190 g/mol. The molecule has 0 fully saturated rings. The minimum atomic E-state index is 1.000. The maximum Gasteiger partial charge on any atom is 0.122 e. The van der Waals surface area contributed by atoms with Gasteiger partial charge in [0.1, 0.15) is 5.75 Å². The predicted octanol–water partition coefficient (Wildman–Crippen LogP) is 3.51. The van der Waals surface area contributed by atoms with Gasteiger partial charge in [-0.2, -0.15) is 0 Å². The zero-order valence-corrected chi connectivity index (χ0v) is 9.05. The number of ether oxygens (including phenoxy) is 1. The van der Waals surface area contributed by atoms with Gasteiger partial charge in [-0.1, -0.05) is 23.8 Å². The summed E-state index contributed by atoms with van der Waals surface area (Å²) in [5.74, 6) is 1.000. The molecule has 0 spiro atoms. The summed E-state index contributed by atoms with van der Waals surface area (Å²) in [7, 11) is 1.72. The Morgan fingerprint density at radius 1 is 1.43 bits per heavy atom. The van der Waals surface area contributed by atoms with Gasteiger partial charge < -0.3 is 4.74 Å². The van der Waals surface area contributed by atoms with E-state index in [4.69, 9.17) is 4.74 Å². The molecule has 0 atom stereocenters. The summed E-state index contributed by atoms with van der Waals surface area (Å²) in [6.45, 7) is 5.83. The predicted molar refractivity (Wildman–Crippen MR) is 60.9 cm³/mol. The Bertz CT molecular complexity index is 302. The fourth-order valence-corrected chi connectivity index (χ4v) is 1.54. The Hall–Kier alpha value is -1.24. The Kier molecular flexibility index (Phi) is 4.24. The van der Waals surface area contributed by atoms with Crippen molar-refractivity contribution >= 4 is 0 Å². The lowest BCUT2D eigenvalue weighted by Crippen LogP contribution is -1.93. The van der Waals surface area contributed by atoms with Crippen molar-refractivity contribution in [3.8, 4) is 5.75 Å². The standard InChI is InChI=1S/C13H18O/c1-4-5-6-7-12-10-11(2)8-9-13(12)14-3/h4,8-10H,1,5-7H2,2-3H3. The third kappa shape index (κ3) is 2.91. The van der Waals surface area contributed by atoms with Gasteiger partial charge in [-0.25, -0.2) is 0 Å². The van der Waals surface area contributed by atoms with Gasteiger partial charge in [0.2, 0.25) is 0 Å². The highest BCUT2D eigenvalue weighted by atomic mass is 16.5. The van der Waals surface area contributed by atoms with Crippen molar-refractivity contribution in [3.05, 3.63) is 42.0 Å². The van der Waals surface area contributed by atoms with E-state index in [2.05, 4.69) is 25.6 Å². The molecule has 0 aliphatic carbocycles. The van der Waals surface area contributed by atoms with Crippen molar-refractivity contribution in [3.63, 3.8) is 0 Å². The van der Waals surface area contributed by atoms with E-state index in [0.29, 0.717) is 0 Å². The molecule has 0 saturated carbocycles. The van der Waals surface area contributed by atoms with Crippen LogP contribution in [0.1, 0.15) is 24.0 Å². The molecule has 1 aromatic carbocycles. The topological polar surface area (TPSA) is 9.23 Å². The van der Waals surface area contributed by atoms with Gasteiger partial charge in [-0.3, -0.25) is 0 Å². The lowest BCUT2D eigenvalue weighted by molar-refractivity contribution is 0.409. The summed E-state index contributed by atoms with van der Waals surface area (Å²) < 4.78 is 5.31. The van der Waals surface area contributed by atoms with Crippen LogP contribution in [-0.4, -0.2) is 7.11 Å². The third-order valence-electron chi connectivity index (χ3n) is 2.29. The number of hydrogen-bond donors (Lipinski definition) is 0. The molecule has 76 valence electrons. The van der Waals surface area contributed by atoms with E-state index in [0.717, 1.165) is 25.0 Å². The van der Waals surface area contributed by atoms with Gasteiger partial charge in [0.15, 0.2) is 0 Å². The van der Waals surface area contributed by atoms with Crippen molar-refractivity contribution in [2.24, 2.45) is 0 Å². The second-order valence-electron chi connectivity index (χ2n) is 3.50. The molecule has 0 aliphatic heterocycles. The van der Waals surface area contributed by atoms with Crippen LogP contribution in [0.2, 0.25) is 0 Å². The fourth-order valence-electron chi connectivity index (χ4n) is 1.54. The van der Waals surface area contributed by atoms with E-state index in [1.807, 2.05) is 12.1 Å². The number of methoxy groups -OCH3 is 1. The molecular formula is C13H18O. The molecule has 0 aromatic heterocycles. The van der Waals surface area contributed by atoms with E-state index in [1.54, 1.807) is 7.11 Å². The van der Waals surface area contributed by atoms with Crippen molar-refractivity contribution in [2.45, 2.75) is 26.2 Å². The van der Waals surface area contributed by atoms with Gasteiger partial charge >= 0.3 is 0 Å². The lowest BCUT2D eigenvalue weighted by Gasteiger charge is -2.08. The maximum atomic E-state index is 5.31. The molecule has 0 N–H and O–H groups in total. The monoisotopic (exact) mass is 190 g/mol. The zero-order valence-electron chi connectivity index (χ0n) is 9.05. The van der Waals surface area contributed by atoms with Gasteiger partial charge in [0.05, 0.1) is 7.11 Å². The first-order valence-corrected chi connectivity index (χ1v) is 5.02. The summed E-state index contributed by atoms with van der Waals surface area (Å²) in [6, 6.07) is 6.32. The summed E-state index contributed by atoms with van der Waals surface area (Å²) in [4.78, 5) is 0. The Labute approximate surface area is 86.4 Å². The molecule has 1 nitrogen and oxygen atoms in total. The first-order chi connectivity index (χ1) is 6.77. The van der Waals surface area contributed by atoms with E-state index < -0.39 is 0 Å². The quantitative estimate of drug-likeness (QED) is 0.510. The van der Waals surface area contributed by atoms with Crippen LogP contribution in [0.5, 0.6) is 5.75 Å². The Morgan fingerprint density at radius 3 is 2.86 bits per heavy atom. The van der Waals surface area contributed by atoms with E-state index >= 15 is 0 Å². The molecule has 0 heterocycles. The van der Waals surface area contributed by atoms with Crippen LogP contribution < -0.4 is 4.74 Å². The Balaban J connectivity index is 2.71. The highest BCUT2D eigenvalue weighted by Crippen LogP contribution is 2.21. The average Bonchev–Trinajstić information content (AvgIpc) is 2.19. The number of rotatable bonds is 5. The normalized spacial score (nSPS) is 9.86. The largest absolute Gasteiger partial charge is 0.496 e. The highest BCUT2D eigenvalue weighted by Gasteiger charge is 2.01. The SMILES string of the molecule is C=CCCCc1cc(C)ccc1OC. The van der Waals surface area contributed by atoms with Crippen molar-refractivity contribution in [1.82, 2.24) is 0 Å². The van der Waals surface area contributed by atoms with Crippen LogP contribution in [0.3, 0.4) is 0 Å². The number of hydrogen-bond acceptors (Lipinski definition) is 1. The molecule has 0 amide bonds. The second-order valence-corrected chi connectivity index (χ2v) is 3.50. The number of benzene rings is 1. The number of aryl methyl sites for hydroxylation is 2. The molecule has 1 aromatic rings. The van der Waals surface area contributed by atoms with Crippen LogP contribution in [-0.2, 0) is 6.42 Å². The van der Waals surface area contributed by atoms with Crippen LogP contribution in [0.15, 0.2) is 30.9 Å². The smallest absolute Gasteiger partial charge is 0.122 e.